The molecule has 122 valence electrons. The van der Waals surface area contributed by atoms with Gasteiger partial charge in [0.15, 0.2) is 0 Å². The number of hydrogen-bond acceptors (Lipinski definition) is 3. The third-order valence-electron chi connectivity index (χ3n) is 4.60. The lowest BCUT2D eigenvalue weighted by molar-refractivity contribution is 0.551. The van der Waals surface area contributed by atoms with E-state index in [0.29, 0.717) is 6.04 Å². The molecule has 1 saturated heterocycles. The highest BCUT2D eigenvalue weighted by Crippen LogP contribution is 2.22. The molecule has 0 aliphatic carbocycles. The van der Waals surface area contributed by atoms with Crippen LogP contribution >= 0.6 is 15.9 Å². The Morgan fingerprint density at radius 2 is 1.88 bits per heavy atom. The zero-order chi connectivity index (χ0) is 16.4. The first-order valence-corrected chi connectivity index (χ1v) is 9.16. The van der Waals surface area contributed by atoms with Crippen molar-refractivity contribution in [2.75, 3.05) is 18.0 Å². The molecule has 1 N–H and O–H groups in total. The monoisotopic (exact) mass is 381 g/mol. The summed E-state index contributed by atoms with van der Waals surface area (Å²) in [5.74, 6) is 1.08. The van der Waals surface area contributed by atoms with Crippen LogP contribution < -0.4 is 10.2 Å². The minimum absolute atomic E-state index is 0.516. The first-order valence-electron chi connectivity index (χ1n) is 8.36. The number of para-hydroxylation sites is 1. The van der Waals surface area contributed by atoms with Crippen LogP contribution in [-0.2, 0) is 6.54 Å². The highest BCUT2D eigenvalue weighted by atomic mass is 79.9. The molecule has 0 amide bonds. The first kappa shape index (κ1) is 15.6. The molecule has 0 unspecified atom stereocenters. The number of rotatable bonds is 4. The van der Waals surface area contributed by atoms with Crippen molar-refractivity contribution < 1.29 is 0 Å². The Labute approximate surface area is 150 Å². The van der Waals surface area contributed by atoms with E-state index in [1.807, 2.05) is 6.07 Å². The quantitative estimate of drug-likeness (QED) is 0.727. The molecule has 1 aromatic heterocycles. The predicted molar refractivity (Wildman–Crippen MR) is 103 cm³/mol. The summed E-state index contributed by atoms with van der Waals surface area (Å²) >= 11 is 3.48. The Hall–Kier alpha value is -1.91. The van der Waals surface area contributed by atoms with E-state index in [9.17, 15) is 0 Å². The van der Waals surface area contributed by atoms with Gasteiger partial charge in [-0.15, -0.1) is 0 Å². The van der Waals surface area contributed by atoms with Crippen LogP contribution in [0.15, 0.2) is 65.1 Å². The van der Waals surface area contributed by atoms with Gasteiger partial charge in [0.05, 0.1) is 5.52 Å². The van der Waals surface area contributed by atoms with Gasteiger partial charge in [0.25, 0.3) is 0 Å². The fourth-order valence-electron chi connectivity index (χ4n) is 3.23. The van der Waals surface area contributed by atoms with E-state index in [1.54, 1.807) is 0 Å². The molecule has 1 atom stereocenters. The topological polar surface area (TPSA) is 28.2 Å². The Morgan fingerprint density at radius 3 is 2.75 bits per heavy atom. The van der Waals surface area contributed by atoms with Crippen molar-refractivity contribution in [3.05, 3.63) is 70.7 Å². The average Bonchev–Trinajstić information content (AvgIpc) is 3.10. The summed E-state index contributed by atoms with van der Waals surface area (Å²) in [6.45, 7) is 2.99. The van der Waals surface area contributed by atoms with Crippen LogP contribution in [0.1, 0.15) is 12.0 Å². The second-order valence-electron chi connectivity index (χ2n) is 6.30. The number of fused-ring (bicyclic) bond motifs is 1. The Balaban J connectivity index is 1.39. The van der Waals surface area contributed by atoms with Crippen molar-refractivity contribution in [2.24, 2.45) is 0 Å². The highest BCUT2D eigenvalue weighted by molar-refractivity contribution is 9.10. The van der Waals surface area contributed by atoms with Crippen LogP contribution in [0.25, 0.3) is 10.9 Å². The molecule has 1 fully saturated rings. The van der Waals surface area contributed by atoms with E-state index >= 15 is 0 Å². The normalized spacial score (nSPS) is 17.5. The molecule has 3 nitrogen and oxygen atoms in total. The number of hydrogen-bond donors (Lipinski definition) is 1. The molecule has 1 aliphatic heterocycles. The van der Waals surface area contributed by atoms with Crippen molar-refractivity contribution in [2.45, 2.75) is 19.0 Å². The lowest BCUT2D eigenvalue weighted by Gasteiger charge is -2.18. The second-order valence-corrected chi connectivity index (χ2v) is 7.22. The number of pyridine rings is 1. The van der Waals surface area contributed by atoms with Gasteiger partial charge in [-0.25, -0.2) is 4.98 Å². The lowest BCUT2D eigenvalue weighted by atomic mass is 10.2. The summed E-state index contributed by atoms with van der Waals surface area (Å²) in [6, 6.07) is 21.6. The van der Waals surface area contributed by atoms with Gasteiger partial charge in [0.1, 0.15) is 5.82 Å². The van der Waals surface area contributed by atoms with Gasteiger partial charge in [0.2, 0.25) is 0 Å². The summed E-state index contributed by atoms with van der Waals surface area (Å²) in [5, 5.41) is 4.87. The molecule has 0 radical (unpaired) electrons. The van der Waals surface area contributed by atoms with E-state index in [4.69, 9.17) is 4.98 Å². The smallest absolute Gasteiger partial charge is 0.129 e. The number of anilines is 1. The van der Waals surface area contributed by atoms with E-state index in [1.165, 1.54) is 10.9 Å². The minimum Gasteiger partial charge on any atom is -0.355 e. The van der Waals surface area contributed by atoms with Crippen LogP contribution in [0, 0.1) is 0 Å². The predicted octanol–water partition coefficient (Wildman–Crippen LogP) is 4.37. The Bertz CT molecular complexity index is 832. The van der Waals surface area contributed by atoms with Crippen molar-refractivity contribution in [1.29, 1.82) is 0 Å². The number of benzene rings is 2. The van der Waals surface area contributed by atoms with Gasteiger partial charge >= 0.3 is 0 Å². The molecular formula is C20H20BrN3. The van der Waals surface area contributed by atoms with Crippen LogP contribution in [0.4, 0.5) is 5.82 Å². The minimum atomic E-state index is 0.516. The SMILES string of the molecule is Brc1ccc(CN[C@H]2CCN(c3ccc4ccccc4n3)C2)cc1. The van der Waals surface area contributed by atoms with Gasteiger partial charge in [-0.3, -0.25) is 0 Å². The van der Waals surface area contributed by atoms with Gasteiger partial charge in [0, 0.05) is 35.5 Å². The maximum Gasteiger partial charge on any atom is 0.129 e. The molecule has 4 rings (SSSR count). The fraction of sp³-hybridized carbons (Fsp3) is 0.250. The van der Waals surface area contributed by atoms with Crippen molar-refractivity contribution >= 4 is 32.7 Å². The molecule has 0 spiro atoms. The van der Waals surface area contributed by atoms with Gasteiger partial charge < -0.3 is 10.2 Å². The molecule has 4 heteroatoms. The largest absolute Gasteiger partial charge is 0.355 e. The molecule has 0 saturated carbocycles. The van der Waals surface area contributed by atoms with E-state index in [2.05, 4.69) is 80.7 Å². The zero-order valence-electron chi connectivity index (χ0n) is 13.5. The highest BCUT2D eigenvalue weighted by Gasteiger charge is 2.23. The van der Waals surface area contributed by atoms with Crippen LogP contribution in [0.5, 0.6) is 0 Å². The zero-order valence-corrected chi connectivity index (χ0v) is 15.0. The Morgan fingerprint density at radius 1 is 1.04 bits per heavy atom. The molecule has 24 heavy (non-hydrogen) atoms. The maximum absolute atomic E-state index is 4.81. The summed E-state index contributed by atoms with van der Waals surface area (Å²) in [6.07, 6.45) is 1.16. The summed E-state index contributed by atoms with van der Waals surface area (Å²) < 4.78 is 1.13. The summed E-state index contributed by atoms with van der Waals surface area (Å²) in [4.78, 5) is 7.19. The lowest BCUT2D eigenvalue weighted by Crippen LogP contribution is -2.32. The molecule has 3 aromatic rings. The van der Waals surface area contributed by atoms with Gasteiger partial charge in [-0.2, -0.15) is 0 Å². The van der Waals surface area contributed by atoms with Crippen molar-refractivity contribution in [1.82, 2.24) is 10.3 Å². The summed E-state index contributed by atoms with van der Waals surface area (Å²) in [5.41, 5.74) is 2.39. The van der Waals surface area contributed by atoms with Crippen LogP contribution in [0.3, 0.4) is 0 Å². The molecule has 2 aromatic carbocycles. The number of aromatic nitrogens is 1. The molecule has 1 aliphatic rings. The standard InChI is InChI=1S/C20H20BrN3/c21-17-8-5-15(6-9-17)13-22-18-11-12-24(14-18)20-10-7-16-3-1-2-4-19(16)23-20/h1-10,18,22H,11-14H2/t18-/m0/s1. The van der Waals surface area contributed by atoms with E-state index in [-0.39, 0.29) is 0 Å². The Kier molecular flexibility index (Phi) is 4.50. The van der Waals surface area contributed by atoms with Gasteiger partial charge in [-0.1, -0.05) is 46.3 Å². The van der Waals surface area contributed by atoms with E-state index in [0.717, 1.165) is 41.9 Å². The maximum atomic E-state index is 4.81. The van der Waals surface area contributed by atoms with Crippen molar-refractivity contribution in [3.63, 3.8) is 0 Å². The van der Waals surface area contributed by atoms with Gasteiger partial charge in [-0.05, 0) is 42.3 Å². The summed E-state index contributed by atoms with van der Waals surface area (Å²) in [7, 11) is 0. The second kappa shape index (κ2) is 6.91. The number of nitrogens with zero attached hydrogens (tertiary/aromatic N) is 2. The third-order valence-corrected chi connectivity index (χ3v) is 5.13. The third kappa shape index (κ3) is 3.45. The molecule has 0 bridgehead atoms. The molecular weight excluding hydrogens is 362 g/mol. The van der Waals surface area contributed by atoms with Crippen LogP contribution in [0.2, 0.25) is 0 Å². The number of halogens is 1. The fourth-order valence-corrected chi connectivity index (χ4v) is 3.50. The average molecular weight is 382 g/mol. The van der Waals surface area contributed by atoms with Crippen molar-refractivity contribution in [3.8, 4) is 0 Å². The van der Waals surface area contributed by atoms with Crippen LogP contribution in [-0.4, -0.2) is 24.1 Å². The number of nitrogens with one attached hydrogen (secondary N) is 1. The van der Waals surface area contributed by atoms with E-state index < -0.39 is 0 Å². The molecule has 2 heterocycles. The first-order chi connectivity index (χ1) is 11.8.